The lowest BCUT2D eigenvalue weighted by Crippen LogP contribution is -2.20. The van der Waals surface area contributed by atoms with Crippen molar-refractivity contribution in [1.29, 1.82) is 0 Å². The fourth-order valence-corrected chi connectivity index (χ4v) is 3.04. The molecule has 1 aliphatic carbocycles. The molecule has 1 aromatic heterocycles. The van der Waals surface area contributed by atoms with Crippen LogP contribution in [0.25, 0.3) is 0 Å². The van der Waals surface area contributed by atoms with Crippen LogP contribution >= 0.6 is 22.9 Å². The summed E-state index contributed by atoms with van der Waals surface area (Å²) in [4.78, 5) is 1.32. The topological polar surface area (TPSA) is 32.3 Å². The molecule has 66 valence electrons. The second-order valence-electron chi connectivity index (χ2n) is 3.00. The van der Waals surface area contributed by atoms with Gasteiger partial charge in [-0.2, -0.15) is 5.48 Å². The van der Waals surface area contributed by atoms with Crippen molar-refractivity contribution in [2.75, 3.05) is 0 Å². The second-order valence-corrected chi connectivity index (χ2v) is 4.77. The summed E-state index contributed by atoms with van der Waals surface area (Å²) in [5.41, 5.74) is 3.50. The predicted octanol–water partition coefficient (Wildman–Crippen LogP) is 2.76. The summed E-state index contributed by atoms with van der Waals surface area (Å²) in [6.07, 6.45) is 3.23. The Balaban J connectivity index is 2.36. The van der Waals surface area contributed by atoms with Gasteiger partial charge in [0.2, 0.25) is 0 Å². The Hall–Kier alpha value is -0.0900. The summed E-state index contributed by atoms with van der Waals surface area (Å²) in [5, 5.41) is 8.86. The molecule has 1 unspecified atom stereocenters. The van der Waals surface area contributed by atoms with Crippen LogP contribution in [-0.4, -0.2) is 5.21 Å². The summed E-state index contributed by atoms with van der Waals surface area (Å²) in [6, 6.07) is 2.05. The number of aryl methyl sites for hydroxylation is 1. The van der Waals surface area contributed by atoms with E-state index in [0.717, 1.165) is 23.6 Å². The molecule has 1 heterocycles. The van der Waals surface area contributed by atoms with Gasteiger partial charge in [0.05, 0.1) is 10.4 Å². The first kappa shape index (κ1) is 8.51. The average molecular weight is 204 g/mol. The minimum atomic E-state index is 0.0949. The molecule has 4 heteroatoms. The second kappa shape index (κ2) is 3.34. The number of nitrogens with one attached hydrogen (secondary N) is 1. The molecule has 0 radical (unpaired) electrons. The summed E-state index contributed by atoms with van der Waals surface area (Å²) >= 11 is 7.51. The third-order valence-corrected chi connectivity index (χ3v) is 3.58. The number of rotatable bonds is 1. The van der Waals surface area contributed by atoms with E-state index in [1.54, 1.807) is 11.3 Å². The normalized spacial score (nSPS) is 22.3. The van der Waals surface area contributed by atoms with E-state index in [9.17, 15) is 0 Å². The number of hydroxylamine groups is 1. The highest BCUT2D eigenvalue weighted by molar-refractivity contribution is 7.16. The van der Waals surface area contributed by atoms with E-state index >= 15 is 0 Å². The van der Waals surface area contributed by atoms with Crippen molar-refractivity contribution in [2.24, 2.45) is 0 Å². The van der Waals surface area contributed by atoms with E-state index in [4.69, 9.17) is 16.8 Å². The van der Waals surface area contributed by atoms with Crippen LogP contribution in [0.4, 0.5) is 0 Å². The van der Waals surface area contributed by atoms with Crippen molar-refractivity contribution in [3.8, 4) is 0 Å². The van der Waals surface area contributed by atoms with Gasteiger partial charge in [0.25, 0.3) is 0 Å². The van der Waals surface area contributed by atoms with Gasteiger partial charge in [0.1, 0.15) is 0 Å². The van der Waals surface area contributed by atoms with Crippen molar-refractivity contribution in [3.05, 3.63) is 20.8 Å². The molecule has 0 bridgehead atoms. The highest BCUT2D eigenvalue weighted by Crippen LogP contribution is 2.37. The van der Waals surface area contributed by atoms with Gasteiger partial charge in [-0.25, -0.2) is 0 Å². The molecule has 2 N–H and O–H groups in total. The first-order chi connectivity index (χ1) is 5.81. The standard InChI is InChI=1S/C8H10ClNOS/c9-8-4-5-6(10-11)2-1-3-7(5)12-8/h4,6,10-11H,1-3H2. The van der Waals surface area contributed by atoms with Gasteiger partial charge < -0.3 is 5.21 Å². The molecule has 0 saturated carbocycles. The number of hydrogen-bond acceptors (Lipinski definition) is 3. The maximum absolute atomic E-state index is 8.86. The summed E-state index contributed by atoms with van der Waals surface area (Å²) in [5.74, 6) is 0. The minimum Gasteiger partial charge on any atom is -0.316 e. The first-order valence-corrected chi connectivity index (χ1v) is 5.18. The van der Waals surface area contributed by atoms with Crippen LogP contribution in [0.2, 0.25) is 4.34 Å². The molecule has 1 atom stereocenters. The number of hydrogen-bond donors (Lipinski definition) is 2. The molecule has 0 aliphatic heterocycles. The van der Waals surface area contributed by atoms with E-state index in [-0.39, 0.29) is 6.04 Å². The van der Waals surface area contributed by atoms with Gasteiger partial charge in [0.15, 0.2) is 0 Å². The van der Waals surface area contributed by atoms with Gasteiger partial charge in [-0.15, -0.1) is 11.3 Å². The van der Waals surface area contributed by atoms with E-state index in [2.05, 4.69) is 5.48 Å². The van der Waals surface area contributed by atoms with Crippen molar-refractivity contribution >= 4 is 22.9 Å². The lowest BCUT2D eigenvalue weighted by molar-refractivity contribution is 0.118. The minimum absolute atomic E-state index is 0.0949. The molecular weight excluding hydrogens is 194 g/mol. The molecule has 0 aromatic carbocycles. The molecule has 1 aromatic rings. The van der Waals surface area contributed by atoms with Gasteiger partial charge in [-0.1, -0.05) is 11.6 Å². The molecule has 2 rings (SSSR count). The van der Waals surface area contributed by atoms with Crippen LogP contribution in [0, 0.1) is 0 Å². The Morgan fingerprint density at radius 1 is 1.67 bits per heavy atom. The zero-order valence-electron chi connectivity index (χ0n) is 6.51. The van der Waals surface area contributed by atoms with E-state index in [1.165, 1.54) is 10.4 Å². The molecule has 0 spiro atoms. The fraction of sp³-hybridized carbons (Fsp3) is 0.500. The lowest BCUT2D eigenvalue weighted by atomic mass is 9.95. The maximum Gasteiger partial charge on any atom is 0.0934 e. The highest BCUT2D eigenvalue weighted by atomic mass is 35.5. The third kappa shape index (κ3) is 1.38. The van der Waals surface area contributed by atoms with Crippen LogP contribution in [0.15, 0.2) is 6.07 Å². The first-order valence-electron chi connectivity index (χ1n) is 3.99. The van der Waals surface area contributed by atoms with Gasteiger partial charge >= 0.3 is 0 Å². The van der Waals surface area contributed by atoms with Gasteiger partial charge in [0, 0.05) is 4.88 Å². The predicted molar refractivity (Wildman–Crippen MR) is 49.9 cm³/mol. The molecule has 1 aliphatic rings. The van der Waals surface area contributed by atoms with Crippen LogP contribution in [0.1, 0.15) is 29.3 Å². The Labute approximate surface area is 80.1 Å². The summed E-state index contributed by atoms with van der Waals surface area (Å²) in [7, 11) is 0. The molecule has 0 amide bonds. The van der Waals surface area contributed by atoms with E-state index in [1.807, 2.05) is 6.07 Å². The summed E-state index contributed by atoms with van der Waals surface area (Å²) in [6.45, 7) is 0. The Morgan fingerprint density at radius 3 is 3.25 bits per heavy atom. The van der Waals surface area contributed by atoms with Crippen LogP contribution < -0.4 is 5.48 Å². The Bertz CT molecular complexity index is 287. The molecular formula is C8H10ClNOS. The van der Waals surface area contributed by atoms with Crippen LogP contribution in [0.3, 0.4) is 0 Å². The molecule has 0 fully saturated rings. The van der Waals surface area contributed by atoms with Gasteiger partial charge in [-0.3, -0.25) is 0 Å². The SMILES string of the molecule is ONC1CCCc2sc(Cl)cc21. The largest absolute Gasteiger partial charge is 0.316 e. The quantitative estimate of drug-likeness (QED) is 0.688. The van der Waals surface area contributed by atoms with Crippen molar-refractivity contribution < 1.29 is 5.21 Å². The molecule has 2 nitrogen and oxygen atoms in total. The highest BCUT2D eigenvalue weighted by Gasteiger charge is 2.21. The third-order valence-electron chi connectivity index (χ3n) is 2.24. The van der Waals surface area contributed by atoms with Gasteiger partial charge in [-0.05, 0) is 30.9 Å². The fourth-order valence-electron chi connectivity index (χ4n) is 1.66. The molecule has 0 saturated heterocycles. The van der Waals surface area contributed by atoms with E-state index < -0.39 is 0 Å². The van der Waals surface area contributed by atoms with Crippen molar-refractivity contribution in [1.82, 2.24) is 5.48 Å². The molecule has 12 heavy (non-hydrogen) atoms. The number of thiophene rings is 1. The van der Waals surface area contributed by atoms with Crippen molar-refractivity contribution in [2.45, 2.75) is 25.3 Å². The lowest BCUT2D eigenvalue weighted by Gasteiger charge is -2.20. The zero-order valence-corrected chi connectivity index (χ0v) is 8.08. The van der Waals surface area contributed by atoms with E-state index in [0.29, 0.717) is 0 Å². The smallest absolute Gasteiger partial charge is 0.0934 e. The van der Waals surface area contributed by atoms with Crippen LogP contribution in [0.5, 0.6) is 0 Å². The maximum atomic E-state index is 8.86. The Kier molecular flexibility index (Phi) is 2.37. The summed E-state index contributed by atoms with van der Waals surface area (Å²) < 4.78 is 0.821. The number of halogens is 1. The monoisotopic (exact) mass is 203 g/mol. The number of fused-ring (bicyclic) bond motifs is 1. The zero-order chi connectivity index (χ0) is 8.55. The Morgan fingerprint density at radius 2 is 2.50 bits per heavy atom. The van der Waals surface area contributed by atoms with Crippen molar-refractivity contribution in [3.63, 3.8) is 0 Å². The average Bonchev–Trinajstić information content (AvgIpc) is 2.44. The van der Waals surface area contributed by atoms with Crippen LogP contribution in [-0.2, 0) is 6.42 Å².